The summed E-state index contributed by atoms with van der Waals surface area (Å²) in [5.74, 6) is 2.71. The van der Waals surface area contributed by atoms with E-state index in [2.05, 4.69) is 0 Å². The summed E-state index contributed by atoms with van der Waals surface area (Å²) in [5, 5.41) is 26.3. The first-order chi connectivity index (χ1) is 11.6. The summed E-state index contributed by atoms with van der Waals surface area (Å²) in [6.45, 7) is 0. The lowest BCUT2D eigenvalue weighted by atomic mass is 9.48. The molecule has 1 heterocycles. The normalized spacial score (nSPS) is 40.1. The van der Waals surface area contributed by atoms with Crippen molar-refractivity contribution in [2.24, 2.45) is 23.2 Å². The summed E-state index contributed by atoms with van der Waals surface area (Å²) in [5.41, 5.74) is 0.757. The summed E-state index contributed by atoms with van der Waals surface area (Å²) in [6, 6.07) is 2.06. The van der Waals surface area contributed by atoms with Crippen molar-refractivity contribution in [2.75, 3.05) is 0 Å². The van der Waals surface area contributed by atoms with E-state index in [-0.39, 0.29) is 11.3 Å². The van der Waals surface area contributed by atoms with Gasteiger partial charge >= 0.3 is 0 Å². The second-order valence-electron chi connectivity index (χ2n) is 9.35. The molecular formula is C20H30N2O2. The van der Waals surface area contributed by atoms with Crippen molar-refractivity contribution in [1.82, 2.24) is 9.78 Å². The lowest BCUT2D eigenvalue weighted by Crippen LogP contribution is -2.49. The lowest BCUT2D eigenvalue weighted by molar-refractivity contribution is -0.123. The quantitative estimate of drug-likeness (QED) is 0.866. The van der Waals surface area contributed by atoms with E-state index in [4.69, 9.17) is 5.10 Å². The van der Waals surface area contributed by atoms with E-state index in [1.807, 2.05) is 0 Å². The van der Waals surface area contributed by atoms with Gasteiger partial charge in [0, 0.05) is 11.5 Å². The van der Waals surface area contributed by atoms with Gasteiger partial charge in [-0.05, 0) is 69.1 Å². The zero-order valence-corrected chi connectivity index (χ0v) is 14.5. The van der Waals surface area contributed by atoms with Crippen molar-refractivity contribution >= 4 is 0 Å². The minimum Gasteiger partial charge on any atom is -0.493 e. The van der Waals surface area contributed by atoms with Gasteiger partial charge in [0.25, 0.3) is 0 Å². The van der Waals surface area contributed by atoms with Gasteiger partial charge in [-0.1, -0.05) is 19.3 Å². The number of aliphatic hydroxyl groups is 1. The van der Waals surface area contributed by atoms with Gasteiger partial charge in [-0.3, -0.25) is 0 Å². The third-order valence-electron chi connectivity index (χ3n) is 7.60. The first-order valence-corrected chi connectivity index (χ1v) is 10.1. The third kappa shape index (κ3) is 2.33. The predicted molar refractivity (Wildman–Crippen MR) is 91.6 cm³/mol. The fourth-order valence-electron chi connectivity index (χ4n) is 6.96. The molecule has 1 atom stereocenters. The Morgan fingerprint density at radius 2 is 1.58 bits per heavy atom. The van der Waals surface area contributed by atoms with E-state index >= 15 is 0 Å². The van der Waals surface area contributed by atoms with Gasteiger partial charge in [0.1, 0.15) is 6.10 Å². The Balaban J connectivity index is 1.42. The van der Waals surface area contributed by atoms with Crippen LogP contribution in [0.1, 0.15) is 88.5 Å². The van der Waals surface area contributed by atoms with Gasteiger partial charge in [-0.25, -0.2) is 4.68 Å². The number of nitrogens with zero attached hydrogens (tertiary/aromatic N) is 2. The van der Waals surface area contributed by atoms with Crippen LogP contribution in [-0.2, 0) is 0 Å². The molecule has 132 valence electrons. The number of aromatic nitrogens is 2. The van der Waals surface area contributed by atoms with E-state index in [1.54, 1.807) is 10.7 Å². The highest BCUT2D eigenvalue weighted by Crippen LogP contribution is 2.64. The molecule has 5 aliphatic carbocycles. The fourth-order valence-corrected chi connectivity index (χ4v) is 6.96. The minimum atomic E-state index is -0.498. The SMILES string of the molecule is Oc1cc(C(O)C23CC4CC(CC(C4)C2)C3)nn1C1CCCCC1. The van der Waals surface area contributed by atoms with E-state index in [1.165, 1.54) is 38.5 Å². The molecule has 2 N–H and O–H groups in total. The van der Waals surface area contributed by atoms with Crippen LogP contribution >= 0.6 is 0 Å². The Morgan fingerprint density at radius 1 is 1.00 bits per heavy atom. The highest BCUT2D eigenvalue weighted by Gasteiger charge is 2.54. The van der Waals surface area contributed by atoms with E-state index < -0.39 is 6.10 Å². The van der Waals surface area contributed by atoms with E-state index in [0.29, 0.717) is 6.04 Å². The topological polar surface area (TPSA) is 58.3 Å². The zero-order chi connectivity index (χ0) is 16.3. The predicted octanol–water partition coefficient (Wildman–Crippen LogP) is 4.34. The maximum Gasteiger partial charge on any atom is 0.209 e. The summed E-state index contributed by atoms with van der Waals surface area (Å²) < 4.78 is 1.80. The zero-order valence-electron chi connectivity index (χ0n) is 14.5. The molecule has 1 unspecified atom stereocenters. The average molecular weight is 330 g/mol. The van der Waals surface area contributed by atoms with Crippen molar-refractivity contribution in [2.45, 2.75) is 82.8 Å². The van der Waals surface area contributed by atoms with Crippen LogP contribution in [0.25, 0.3) is 0 Å². The Labute approximate surface area is 144 Å². The maximum absolute atomic E-state index is 11.2. The molecule has 0 aromatic carbocycles. The van der Waals surface area contributed by atoms with Crippen LogP contribution in [0, 0.1) is 23.2 Å². The van der Waals surface area contributed by atoms with Crippen LogP contribution < -0.4 is 0 Å². The molecule has 24 heavy (non-hydrogen) atoms. The Morgan fingerprint density at radius 3 is 2.17 bits per heavy atom. The molecule has 5 saturated carbocycles. The smallest absolute Gasteiger partial charge is 0.209 e. The molecule has 0 amide bonds. The Hall–Kier alpha value is -1.03. The maximum atomic E-state index is 11.2. The van der Waals surface area contributed by atoms with Gasteiger partial charge in [0.05, 0.1) is 11.7 Å². The van der Waals surface area contributed by atoms with Crippen LogP contribution in [0.2, 0.25) is 0 Å². The first-order valence-electron chi connectivity index (χ1n) is 10.1. The second-order valence-corrected chi connectivity index (χ2v) is 9.35. The van der Waals surface area contributed by atoms with Crippen LogP contribution in [0.15, 0.2) is 6.07 Å². The summed E-state index contributed by atoms with van der Waals surface area (Å²) in [4.78, 5) is 0. The number of aliphatic hydroxyl groups excluding tert-OH is 1. The van der Waals surface area contributed by atoms with Crippen molar-refractivity contribution in [3.63, 3.8) is 0 Å². The fraction of sp³-hybridized carbons (Fsp3) is 0.850. The van der Waals surface area contributed by atoms with Crippen LogP contribution in [0.5, 0.6) is 5.88 Å². The number of hydrogen-bond acceptors (Lipinski definition) is 3. The highest BCUT2D eigenvalue weighted by molar-refractivity contribution is 5.21. The van der Waals surface area contributed by atoms with E-state index in [9.17, 15) is 10.2 Å². The highest BCUT2D eigenvalue weighted by atomic mass is 16.3. The molecule has 1 aromatic heterocycles. The summed E-state index contributed by atoms with van der Waals surface area (Å²) in [6.07, 6.45) is 13.1. The van der Waals surface area contributed by atoms with Crippen molar-refractivity contribution < 1.29 is 10.2 Å². The van der Waals surface area contributed by atoms with Gasteiger partial charge in [-0.2, -0.15) is 5.10 Å². The Kier molecular flexibility index (Phi) is 3.48. The molecular weight excluding hydrogens is 300 g/mol. The third-order valence-corrected chi connectivity index (χ3v) is 7.60. The second kappa shape index (κ2) is 5.48. The lowest BCUT2D eigenvalue weighted by Gasteiger charge is -2.58. The molecule has 5 aliphatic rings. The largest absolute Gasteiger partial charge is 0.493 e. The van der Waals surface area contributed by atoms with Gasteiger partial charge < -0.3 is 10.2 Å². The molecule has 0 spiro atoms. The molecule has 0 radical (unpaired) electrons. The standard InChI is InChI=1S/C20H30N2O2/c23-18-9-17(21-22(18)16-4-2-1-3-5-16)19(24)20-10-13-6-14(11-20)8-15(7-13)12-20/h9,13-16,19,23-24H,1-8,10-12H2. The van der Waals surface area contributed by atoms with Gasteiger partial charge in [0.2, 0.25) is 5.88 Å². The van der Waals surface area contributed by atoms with Crippen LogP contribution in [0.4, 0.5) is 0 Å². The van der Waals surface area contributed by atoms with E-state index in [0.717, 1.165) is 55.6 Å². The summed E-state index contributed by atoms with van der Waals surface area (Å²) >= 11 is 0. The first kappa shape index (κ1) is 15.2. The van der Waals surface area contributed by atoms with Crippen molar-refractivity contribution in [3.8, 4) is 5.88 Å². The van der Waals surface area contributed by atoms with Crippen molar-refractivity contribution in [1.29, 1.82) is 0 Å². The molecule has 4 nitrogen and oxygen atoms in total. The molecule has 4 heteroatoms. The number of aromatic hydroxyl groups is 1. The Bertz CT molecular complexity index is 582. The molecule has 6 rings (SSSR count). The van der Waals surface area contributed by atoms with Crippen LogP contribution in [0.3, 0.4) is 0 Å². The molecule has 0 saturated heterocycles. The average Bonchev–Trinajstić information content (AvgIpc) is 2.95. The molecule has 4 bridgehead atoms. The summed E-state index contributed by atoms with van der Waals surface area (Å²) in [7, 11) is 0. The molecule has 0 aliphatic heterocycles. The van der Waals surface area contributed by atoms with Gasteiger partial charge in [-0.15, -0.1) is 0 Å². The number of hydrogen-bond donors (Lipinski definition) is 2. The minimum absolute atomic E-state index is 0.0347. The van der Waals surface area contributed by atoms with Gasteiger partial charge in [0.15, 0.2) is 0 Å². The molecule has 1 aromatic rings. The molecule has 5 fully saturated rings. The van der Waals surface area contributed by atoms with Crippen LogP contribution in [-0.4, -0.2) is 20.0 Å². The van der Waals surface area contributed by atoms with Crippen molar-refractivity contribution in [3.05, 3.63) is 11.8 Å². The monoisotopic (exact) mass is 330 g/mol. The number of rotatable bonds is 3.